The highest BCUT2D eigenvalue weighted by Crippen LogP contribution is 2.24. The van der Waals surface area contributed by atoms with E-state index in [1.807, 2.05) is 27.0 Å². The first kappa shape index (κ1) is 16.9. The molecule has 0 unspecified atom stereocenters. The second-order valence-corrected chi connectivity index (χ2v) is 6.86. The summed E-state index contributed by atoms with van der Waals surface area (Å²) in [6.45, 7) is 6.41. The van der Waals surface area contributed by atoms with Gasteiger partial charge < -0.3 is 10.1 Å². The highest BCUT2D eigenvalue weighted by molar-refractivity contribution is 5.92. The second kappa shape index (κ2) is 6.19. The minimum atomic E-state index is -0.519. The molecule has 132 valence electrons. The van der Waals surface area contributed by atoms with Crippen molar-refractivity contribution in [3.05, 3.63) is 41.5 Å². The van der Waals surface area contributed by atoms with Gasteiger partial charge >= 0.3 is 6.09 Å². The Bertz CT molecular complexity index is 781. The maximum atomic E-state index is 12.1. The summed E-state index contributed by atoms with van der Waals surface area (Å²) in [4.78, 5) is 29.4. The molecule has 2 aromatic heterocycles. The molecule has 1 aliphatic rings. The van der Waals surface area contributed by atoms with Gasteiger partial charge in [0.1, 0.15) is 11.3 Å². The molecule has 0 spiro atoms. The molecule has 3 rings (SSSR count). The standard InChI is InChI=1S/C17H21N5O3/c1-17(2,3)25-16(24)21-8-11-9-22(20-14(11)10-21)12-5-6-13(19-7-12)15(23)18-4/h5-7,9H,8,10H2,1-4H3,(H,18,23). The third kappa shape index (κ3) is 3.62. The van der Waals surface area contributed by atoms with Crippen LogP contribution in [0.25, 0.3) is 5.69 Å². The predicted molar refractivity (Wildman–Crippen MR) is 90.2 cm³/mol. The van der Waals surface area contributed by atoms with Crippen molar-refractivity contribution in [3.8, 4) is 5.69 Å². The van der Waals surface area contributed by atoms with Crippen LogP contribution in [0.1, 0.15) is 42.5 Å². The molecule has 2 aromatic rings. The Hall–Kier alpha value is -2.90. The van der Waals surface area contributed by atoms with E-state index in [0.29, 0.717) is 18.8 Å². The molecule has 0 aromatic carbocycles. The third-order valence-electron chi connectivity index (χ3n) is 3.70. The third-order valence-corrected chi connectivity index (χ3v) is 3.70. The van der Waals surface area contributed by atoms with E-state index in [4.69, 9.17) is 4.74 Å². The van der Waals surface area contributed by atoms with Gasteiger partial charge in [0, 0.05) is 18.8 Å². The average molecular weight is 343 g/mol. The van der Waals surface area contributed by atoms with Gasteiger partial charge in [0.05, 0.1) is 30.7 Å². The molecule has 0 atom stereocenters. The molecule has 0 bridgehead atoms. The number of aromatic nitrogens is 3. The van der Waals surface area contributed by atoms with Crippen LogP contribution in [0, 0.1) is 0 Å². The van der Waals surface area contributed by atoms with Crippen LogP contribution < -0.4 is 5.32 Å². The minimum absolute atomic E-state index is 0.234. The predicted octanol–water partition coefficient (Wildman–Crippen LogP) is 1.88. The highest BCUT2D eigenvalue weighted by atomic mass is 16.6. The van der Waals surface area contributed by atoms with Crippen molar-refractivity contribution in [3.63, 3.8) is 0 Å². The molecular formula is C17H21N5O3. The summed E-state index contributed by atoms with van der Waals surface area (Å²) in [5, 5.41) is 7.04. The van der Waals surface area contributed by atoms with Crippen LogP contribution >= 0.6 is 0 Å². The number of rotatable bonds is 2. The van der Waals surface area contributed by atoms with Crippen LogP contribution in [0.4, 0.5) is 4.79 Å². The van der Waals surface area contributed by atoms with Gasteiger partial charge in [-0.25, -0.2) is 14.5 Å². The number of hydrogen-bond acceptors (Lipinski definition) is 5. The van der Waals surface area contributed by atoms with Crippen LogP contribution in [-0.2, 0) is 17.8 Å². The lowest BCUT2D eigenvalue weighted by molar-refractivity contribution is 0.0239. The molecule has 0 aliphatic carbocycles. The number of carbonyl (C=O) groups is 2. The normalized spacial score (nSPS) is 13.5. The summed E-state index contributed by atoms with van der Waals surface area (Å²) in [7, 11) is 1.56. The topological polar surface area (TPSA) is 89.4 Å². The van der Waals surface area contributed by atoms with Crippen molar-refractivity contribution in [1.82, 2.24) is 25.0 Å². The fourth-order valence-corrected chi connectivity index (χ4v) is 2.52. The molecular weight excluding hydrogens is 322 g/mol. The summed E-state index contributed by atoms with van der Waals surface area (Å²) >= 11 is 0. The number of fused-ring (bicyclic) bond motifs is 1. The van der Waals surface area contributed by atoms with Gasteiger partial charge in [-0.3, -0.25) is 9.69 Å². The van der Waals surface area contributed by atoms with Crippen molar-refractivity contribution in [2.24, 2.45) is 0 Å². The summed E-state index contributed by atoms with van der Waals surface area (Å²) in [6, 6.07) is 3.43. The second-order valence-electron chi connectivity index (χ2n) is 6.86. The first-order valence-electron chi connectivity index (χ1n) is 8.00. The Morgan fingerprint density at radius 3 is 2.56 bits per heavy atom. The van der Waals surface area contributed by atoms with E-state index in [1.54, 1.807) is 35.0 Å². The van der Waals surface area contributed by atoms with Crippen molar-refractivity contribution >= 4 is 12.0 Å². The zero-order valence-electron chi connectivity index (χ0n) is 14.7. The first-order chi connectivity index (χ1) is 11.8. The Labute approximate surface area is 145 Å². The van der Waals surface area contributed by atoms with E-state index in [0.717, 1.165) is 16.9 Å². The molecule has 3 heterocycles. The number of hydrogen-bond donors (Lipinski definition) is 1. The molecule has 2 amide bonds. The number of nitrogens with one attached hydrogen (secondary N) is 1. The van der Waals surface area contributed by atoms with Crippen LogP contribution in [0.5, 0.6) is 0 Å². The van der Waals surface area contributed by atoms with E-state index in [9.17, 15) is 9.59 Å². The Balaban J connectivity index is 1.71. The smallest absolute Gasteiger partial charge is 0.410 e. The van der Waals surface area contributed by atoms with E-state index in [1.165, 1.54) is 0 Å². The lowest BCUT2D eigenvalue weighted by Gasteiger charge is -2.24. The molecule has 0 saturated carbocycles. The van der Waals surface area contributed by atoms with Gasteiger partial charge in [0.2, 0.25) is 0 Å². The Morgan fingerprint density at radius 1 is 1.24 bits per heavy atom. The van der Waals surface area contributed by atoms with Gasteiger partial charge in [-0.1, -0.05) is 0 Å². The Kier molecular flexibility index (Phi) is 4.20. The lowest BCUT2D eigenvalue weighted by Crippen LogP contribution is -2.33. The van der Waals surface area contributed by atoms with E-state index in [2.05, 4.69) is 15.4 Å². The molecule has 1 aliphatic heterocycles. The van der Waals surface area contributed by atoms with Gasteiger partial charge in [-0.15, -0.1) is 0 Å². The molecule has 0 fully saturated rings. The first-order valence-corrected chi connectivity index (χ1v) is 8.00. The monoisotopic (exact) mass is 343 g/mol. The SMILES string of the molecule is CNC(=O)c1ccc(-n2cc3c(n2)CN(C(=O)OC(C)(C)C)C3)cn1. The Morgan fingerprint density at radius 2 is 2.00 bits per heavy atom. The summed E-state index contributed by atoms with van der Waals surface area (Å²) in [5.74, 6) is -0.234. The summed E-state index contributed by atoms with van der Waals surface area (Å²) in [5.41, 5.74) is 2.39. The van der Waals surface area contributed by atoms with Crippen molar-refractivity contribution in [1.29, 1.82) is 0 Å². The number of amides is 2. The maximum absolute atomic E-state index is 12.1. The van der Waals surface area contributed by atoms with Crippen LogP contribution in [-0.4, -0.2) is 44.3 Å². The van der Waals surface area contributed by atoms with E-state index in [-0.39, 0.29) is 12.0 Å². The molecule has 25 heavy (non-hydrogen) atoms. The van der Waals surface area contributed by atoms with Gasteiger partial charge in [-0.2, -0.15) is 5.10 Å². The average Bonchev–Trinajstić information content (AvgIpc) is 3.11. The fraction of sp³-hybridized carbons (Fsp3) is 0.412. The quantitative estimate of drug-likeness (QED) is 0.899. The summed E-state index contributed by atoms with van der Waals surface area (Å²) < 4.78 is 7.09. The molecule has 1 N–H and O–H groups in total. The highest BCUT2D eigenvalue weighted by Gasteiger charge is 2.30. The zero-order valence-corrected chi connectivity index (χ0v) is 14.7. The maximum Gasteiger partial charge on any atom is 0.410 e. The largest absolute Gasteiger partial charge is 0.444 e. The van der Waals surface area contributed by atoms with E-state index >= 15 is 0 Å². The minimum Gasteiger partial charge on any atom is -0.444 e. The van der Waals surface area contributed by atoms with Crippen molar-refractivity contribution in [2.45, 2.75) is 39.5 Å². The number of pyridine rings is 1. The van der Waals surface area contributed by atoms with Crippen LogP contribution in [0.3, 0.4) is 0 Å². The van der Waals surface area contributed by atoms with E-state index < -0.39 is 5.60 Å². The zero-order chi connectivity index (χ0) is 18.2. The fourth-order valence-electron chi connectivity index (χ4n) is 2.52. The van der Waals surface area contributed by atoms with Crippen molar-refractivity contribution in [2.75, 3.05) is 7.05 Å². The van der Waals surface area contributed by atoms with Crippen LogP contribution in [0.15, 0.2) is 24.5 Å². The number of nitrogens with zero attached hydrogens (tertiary/aromatic N) is 4. The molecule has 0 saturated heterocycles. The summed E-state index contributed by atoms with van der Waals surface area (Å²) in [6.07, 6.45) is 3.13. The van der Waals surface area contributed by atoms with Gasteiger partial charge in [0.15, 0.2) is 0 Å². The van der Waals surface area contributed by atoms with Crippen LogP contribution in [0.2, 0.25) is 0 Å². The number of carbonyl (C=O) groups excluding carboxylic acids is 2. The lowest BCUT2D eigenvalue weighted by atomic mass is 10.2. The molecule has 0 radical (unpaired) electrons. The molecule has 8 nitrogen and oxygen atoms in total. The van der Waals surface area contributed by atoms with Crippen molar-refractivity contribution < 1.29 is 14.3 Å². The number of ether oxygens (including phenoxy) is 1. The molecule has 8 heteroatoms. The van der Waals surface area contributed by atoms with Gasteiger partial charge in [0.25, 0.3) is 5.91 Å². The van der Waals surface area contributed by atoms with Gasteiger partial charge in [-0.05, 0) is 32.9 Å².